The molecule has 3 N–H and O–H groups in total. The molecule has 2 atom stereocenters. The number of aliphatic carboxylic acids is 1. The Labute approximate surface area is 102 Å². The van der Waals surface area contributed by atoms with E-state index in [2.05, 4.69) is 0 Å². The molecule has 0 bridgehead atoms. The first-order valence-corrected chi connectivity index (χ1v) is 6.23. The maximum absolute atomic E-state index is 12.3. The highest BCUT2D eigenvalue weighted by atomic mass is 16.4. The second-order valence-electron chi connectivity index (χ2n) is 5.02. The lowest BCUT2D eigenvalue weighted by atomic mass is 9.92. The molecule has 0 aromatic carbocycles. The van der Waals surface area contributed by atoms with Gasteiger partial charge in [-0.1, -0.05) is 13.3 Å². The van der Waals surface area contributed by atoms with Crippen LogP contribution in [0.2, 0.25) is 0 Å². The topological polar surface area (TPSA) is 83.6 Å². The number of nitrogens with two attached hydrogens (primary N) is 1. The van der Waals surface area contributed by atoms with Crippen molar-refractivity contribution in [3.8, 4) is 0 Å². The lowest BCUT2D eigenvalue weighted by Gasteiger charge is -2.38. The van der Waals surface area contributed by atoms with Crippen LogP contribution in [0.25, 0.3) is 0 Å². The van der Waals surface area contributed by atoms with E-state index in [4.69, 9.17) is 10.8 Å². The van der Waals surface area contributed by atoms with E-state index in [0.717, 1.165) is 19.3 Å². The summed E-state index contributed by atoms with van der Waals surface area (Å²) in [5.41, 5.74) is 5.04. The zero-order chi connectivity index (χ0) is 13.1. The Kier molecular flexibility index (Phi) is 4.51. The standard InChI is InChI=1S/C12H22N2O3/c1-3-7-12(2,13)11(17)14-8-5-4-6-9(14)10(15)16/h9H,3-8,13H2,1-2H3,(H,15,16). The lowest BCUT2D eigenvalue weighted by molar-refractivity contribution is -0.154. The molecular formula is C12H22N2O3. The van der Waals surface area contributed by atoms with Crippen molar-refractivity contribution < 1.29 is 14.7 Å². The average molecular weight is 242 g/mol. The van der Waals surface area contributed by atoms with Crippen LogP contribution in [-0.2, 0) is 9.59 Å². The molecule has 0 aliphatic carbocycles. The number of carbonyl (C=O) groups excluding carboxylic acids is 1. The summed E-state index contributed by atoms with van der Waals surface area (Å²) in [6.07, 6.45) is 3.63. The fourth-order valence-electron chi connectivity index (χ4n) is 2.39. The van der Waals surface area contributed by atoms with E-state index < -0.39 is 17.6 Å². The molecule has 1 aliphatic heterocycles. The molecule has 1 heterocycles. The first kappa shape index (κ1) is 14.0. The maximum Gasteiger partial charge on any atom is 0.326 e. The molecule has 98 valence electrons. The number of rotatable bonds is 4. The molecule has 1 saturated heterocycles. The van der Waals surface area contributed by atoms with Crippen molar-refractivity contribution in [2.45, 2.75) is 57.5 Å². The van der Waals surface area contributed by atoms with Crippen LogP contribution in [0.3, 0.4) is 0 Å². The average Bonchev–Trinajstić information content (AvgIpc) is 2.28. The van der Waals surface area contributed by atoms with Crippen molar-refractivity contribution >= 4 is 11.9 Å². The SMILES string of the molecule is CCCC(C)(N)C(=O)N1CCCCC1C(=O)O. The number of likely N-dealkylation sites (tertiary alicyclic amines) is 1. The molecule has 5 nitrogen and oxygen atoms in total. The summed E-state index contributed by atoms with van der Waals surface area (Å²) in [5, 5.41) is 9.12. The third-order valence-corrected chi connectivity index (χ3v) is 3.31. The molecule has 1 fully saturated rings. The molecule has 17 heavy (non-hydrogen) atoms. The van der Waals surface area contributed by atoms with Gasteiger partial charge in [0.25, 0.3) is 0 Å². The lowest BCUT2D eigenvalue weighted by Crippen LogP contribution is -2.58. The smallest absolute Gasteiger partial charge is 0.326 e. The highest BCUT2D eigenvalue weighted by Crippen LogP contribution is 2.22. The highest BCUT2D eigenvalue weighted by Gasteiger charge is 2.39. The molecule has 0 aromatic rings. The van der Waals surface area contributed by atoms with E-state index in [9.17, 15) is 9.59 Å². The van der Waals surface area contributed by atoms with E-state index >= 15 is 0 Å². The minimum atomic E-state index is -0.945. The Morgan fingerprint density at radius 3 is 2.65 bits per heavy atom. The summed E-state index contributed by atoms with van der Waals surface area (Å²) in [4.78, 5) is 24.8. The molecule has 5 heteroatoms. The molecule has 2 unspecified atom stereocenters. The molecule has 0 saturated carbocycles. The predicted molar refractivity (Wildman–Crippen MR) is 64.5 cm³/mol. The van der Waals surface area contributed by atoms with Gasteiger partial charge in [0.05, 0.1) is 5.54 Å². The van der Waals surface area contributed by atoms with E-state index in [-0.39, 0.29) is 5.91 Å². The Morgan fingerprint density at radius 1 is 1.47 bits per heavy atom. The number of nitrogens with zero attached hydrogens (tertiary/aromatic N) is 1. The van der Waals surface area contributed by atoms with E-state index in [0.29, 0.717) is 19.4 Å². The summed E-state index contributed by atoms with van der Waals surface area (Å²) in [7, 11) is 0. The fourth-order valence-corrected chi connectivity index (χ4v) is 2.39. The van der Waals surface area contributed by atoms with Gasteiger partial charge in [-0.15, -0.1) is 0 Å². The van der Waals surface area contributed by atoms with Crippen LogP contribution in [0.1, 0.15) is 46.0 Å². The van der Waals surface area contributed by atoms with Crippen LogP contribution >= 0.6 is 0 Å². The minimum absolute atomic E-state index is 0.230. The summed E-state index contributed by atoms with van der Waals surface area (Å²) in [5.74, 6) is -1.16. The number of piperidine rings is 1. The molecular weight excluding hydrogens is 220 g/mol. The third kappa shape index (κ3) is 3.19. The summed E-state index contributed by atoms with van der Waals surface area (Å²) < 4.78 is 0. The van der Waals surface area contributed by atoms with Crippen molar-refractivity contribution in [2.24, 2.45) is 5.73 Å². The molecule has 1 amide bonds. The van der Waals surface area contributed by atoms with Crippen LogP contribution in [0.15, 0.2) is 0 Å². The van der Waals surface area contributed by atoms with Gasteiger partial charge in [-0.3, -0.25) is 4.79 Å². The van der Waals surface area contributed by atoms with Gasteiger partial charge in [0.1, 0.15) is 6.04 Å². The highest BCUT2D eigenvalue weighted by molar-refractivity contribution is 5.89. The van der Waals surface area contributed by atoms with Gasteiger partial charge in [-0.25, -0.2) is 4.79 Å². The normalized spacial score (nSPS) is 24.2. The monoisotopic (exact) mass is 242 g/mol. The van der Waals surface area contributed by atoms with E-state index in [1.165, 1.54) is 4.90 Å². The van der Waals surface area contributed by atoms with Crippen molar-refractivity contribution in [3.63, 3.8) is 0 Å². The number of hydrogen-bond acceptors (Lipinski definition) is 3. The molecule has 1 aliphatic rings. The predicted octanol–water partition coefficient (Wildman–Crippen LogP) is 0.970. The largest absolute Gasteiger partial charge is 0.480 e. The van der Waals surface area contributed by atoms with Gasteiger partial charge in [-0.2, -0.15) is 0 Å². The van der Waals surface area contributed by atoms with E-state index in [1.807, 2.05) is 6.92 Å². The van der Waals surface area contributed by atoms with Crippen molar-refractivity contribution in [3.05, 3.63) is 0 Å². The number of carboxylic acids is 1. The summed E-state index contributed by atoms with van der Waals surface area (Å²) >= 11 is 0. The Balaban J connectivity index is 2.81. The maximum atomic E-state index is 12.3. The van der Waals surface area contributed by atoms with Gasteiger partial charge in [-0.05, 0) is 32.6 Å². The minimum Gasteiger partial charge on any atom is -0.480 e. The fraction of sp³-hybridized carbons (Fsp3) is 0.833. The van der Waals surface area contributed by atoms with Crippen LogP contribution < -0.4 is 5.73 Å². The van der Waals surface area contributed by atoms with Crippen molar-refractivity contribution in [1.29, 1.82) is 0 Å². The van der Waals surface area contributed by atoms with Crippen molar-refractivity contribution in [1.82, 2.24) is 4.90 Å². The van der Waals surface area contributed by atoms with Gasteiger partial charge in [0, 0.05) is 6.54 Å². The number of amides is 1. The van der Waals surface area contributed by atoms with Gasteiger partial charge < -0.3 is 15.7 Å². The molecule has 1 rings (SSSR count). The quantitative estimate of drug-likeness (QED) is 0.769. The zero-order valence-electron chi connectivity index (χ0n) is 10.6. The first-order chi connectivity index (χ1) is 7.90. The van der Waals surface area contributed by atoms with Crippen LogP contribution in [0, 0.1) is 0 Å². The second kappa shape index (κ2) is 5.49. The van der Waals surface area contributed by atoms with Crippen LogP contribution in [-0.4, -0.2) is 40.0 Å². The zero-order valence-corrected chi connectivity index (χ0v) is 10.6. The van der Waals surface area contributed by atoms with Gasteiger partial charge in [0.2, 0.25) is 5.91 Å². The Morgan fingerprint density at radius 2 is 2.12 bits per heavy atom. The van der Waals surface area contributed by atoms with Crippen molar-refractivity contribution in [2.75, 3.05) is 6.54 Å². The molecule has 0 radical (unpaired) electrons. The molecule has 0 aromatic heterocycles. The number of hydrogen-bond donors (Lipinski definition) is 2. The third-order valence-electron chi connectivity index (χ3n) is 3.31. The Hall–Kier alpha value is -1.10. The van der Waals surface area contributed by atoms with Crippen LogP contribution in [0.5, 0.6) is 0 Å². The second-order valence-corrected chi connectivity index (χ2v) is 5.02. The van der Waals surface area contributed by atoms with E-state index in [1.54, 1.807) is 6.92 Å². The number of carbonyl (C=O) groups is 2. The van der Waals surface area contributed by atoms with Gasteiger partial charge in [0.15, 0.2) is 0 Å². The summed E-state index contributed by atoms with van der Waals surface area (Å²) in [6.45, 7) is 4.15. The first-order valence-electron chi connectivity index (χ1n) is 6.23. The Bertz CT molecular complexity index is 302. The van der Waals surface area contributed by atoms with Gasteiger partial charge >= 0.3 is 5.97 Å². The number of carboxylic acid groups (broad SMARTS) is 1. The summed E-state index contributed by atoms with van der Waals surface area (Å²) in [6, 6.07) is -0.698. The van der Waals surface area contributed by atoms with Crippen LogP contribution in [0.4, 0.5) is 0 Å². The molecule has 0 spiro atoms.